The van der Waals surface area contributed by atoms with E-state index in [0.717, 1.165) is 16.8 Å². The van der Waals surface area contributed by atoms with Crippen LogP contribution in [0.3, 0.4) is 0 Å². The van der Waals surface area contributed by atoms with E-state index in [2.05, 4.69) is 10.5 Å². The molecular formula is C18H19FN2O3S. The molecular weight excluding hydrogens is 343 g/mol. The summed E-state index contributed by atoms with van der Waals surface area (Å²) in [6.07, 6.45) is 0. The zero-order chi connectivity index (χ0) is 18.2. The molecule has 2 aromatic rings. The highest BCUT2D eigenvalue weighted by Crippen LogP contribution is 2.25. The van der Waals surface area contributed by atoms with Gasteiger partial charge in [-0.2, -0.15) is 5.10 Å². The molecule has 0 atom stereocenters. The van der Waals surface area contributed by atoms with Crippen molar-refractivity contribution >= 4 is 29.1 Å². The third-order valence-corrected chi connectivity index (χ3v) is 4.34. The number of carbonyl (C=O) groups is 1. The molecule has 0 heterocycles. The second-order valence-corrected chi connectivity index (χ2v) is 6.21. The molecule has 0 bridgehead atoms. The van der Waals surface area contributed by atoms with Crippen molar-refractivity contribution in [2.75, 3.05) is 18.3 Å². The van der Waals surface area contributed by atoms with E-state index < -0.39 is 5.97 Å². The van der Waals surface area contributed by atoms with Crippen molar-refractivity contribution < 1.29 is 19.0 Å². The van der Waals surface area contributed by atoms with Crippen LogP contribution in [0, 0.1) is 5.82 Å². The monoisotopic (exact) mass is 362 g/mol. The zero-order valence-electron chi connectivity index (χ0n) is 14.0. The molecule has 0 aromatic heterocycles. The van der Waals surface area contributed by atoms with Gasteiger partial charge in [0.1, 0.15) is 11.6 Å². The molecule has 25 heavy (non-hydrogen) atoms. The molecule has 2 rings (SSSR count). The van der Waals surface area contributed by atoms with E-state index in [0.29, 0.717) is 17.2 Å². The fourth-order valence-corrected chi connectivity index (χ4v) is 2.82. The fraction of sp³-hybridized carbons (Fsp3) is 0.222. The van der Waals surface area contributed by atoms with Crippen LogP contribution < -0.4 is 10.2 Å². The van der Waals surface area contributed by atoms with Gasteiger partial charge in [0.2, 0.25) is 0 Å². The van der Waals surface area contributed by atoms with Crippen LogP contribution in [0.15, 0.2) is 47.6 Å². The number of hydrazone groups is 1. The van der Waals surface area contributed by atoms with Gasteiger partial charge in [0.05, 0.1) is 24.3 Å². The number of benzene rings is 2. The van der Waals surface area contributed by atoms with E-state index in [1.165, 1.54) is 23.9 Å². The average molecular weight is 362 g/mol. The smallest absolute Gasteiger partial charge is 0.313 e. The standard InChI is InChI=1S/C18H19FN2O3S/c1-12(20-21-16-6-4-15(19)5-7-16)13-3-8-17(24-2)14(9-13)10-25-11-18(22)23/h3-9,21H,10-11H2,1-2H3,(H,22,23)/b20-12-. The summed E-state index contributed by atoms with van der Waals surface area (Å²) in [7, 11) is 1.58. The van der Waals surface area contributed by atoms with E-state index in [4.69, 9.17) is 9.84 Å². The van der Waals surface area contributed by atoms with Crippen molar-refractivity contribution in [2.24, 2.45) is 5.10 Å². The first-order valence-electron chi connectivity index (χ1n) is 7.52. The highest BCUT2D eigenvalue weighted by molar-refractivity contribution is 7.99. The van der Waals surface area contributed by atoms with Crippen LogP contribution >= 0.6 is 11.8 Å². The second-order valence-electron chi connectivity index (χ2n) is 5.23. The third kappa shape index (κ3) is 5.79. The Kier molecular flexibility index (Phi) is 6.82. The molecule has 0 aliphatic rings. The first-order chi connectivity index (χ1) is 12.0. The molecule has 2 aromatic carbocycles. The number of carboxylic acid groups (broad SMARTS) is 1. The average Bonchev–Trinajstić information content (AvgIpc) is 2.60. The topological polar surface area (TPSA) is 70.9 Å². The van der Waals surface area contributed by atoms with Gasteiger partial charge < -0.3 is 9.84 Å². The second kappa shape index (κ2) is 9.08. The zero-order valence-corrected chi connectivity index (χ0v) is 14.8. The number of carboxylic acids is 1. The highest BCUT2D eigenvalue weighted by Gasteiger charge is 2.08. The van der Waals surface area contributed by atoms with Crippen molar-refractivity contribution in [3.63, 3.8) is 0 Å². The fourth-order valence-electron chi connectivity index (χ4n) is 2.10. The van der Waals surface area contributed by atoms with E-state index in [-0.39, 0.29) is 11.6 Å². The molecule has 5 nitrogen and oxygen atoms in total. The first kappa shape index (κ1) is 18.8. The Labute approximate surface area is 149 Å². The molecule has 0 aliphatic carbocycles. The summed E-state index contributed by atoms with van der Waals surface area (Å²) >= 11 is 1.31. The number of anilines is 1. The van der Waals surface area contributed by atoms with Gasteiger partial charge in [-0.25, -0.2) is 4.39 Å². The van der Waals surface area contributed by atoms with Crippen LogP contribution in [0.1, 0.15) is 18.1 Å². The number of rotatable bonds is 8. The molecule has 132 valence electrons. The quantitative estimate of drug-likeness (QED) is 0.549. The molecule has 0 saturated heterocycles. The van der Waals surface area contributed by atoms with Gasteiger partial charge in [-0.3, -0.25) is 10.2 Å². The summed E-state index contributed by atoms with van der Waals surface area (Å²) in [5.41, 5.74) is 6.11. The molecule has 0 spiro atoms. The van der Waals surface area contributed by atoms with Gasteiger partial charge in [-0.05, 0) is 55.0 Å². The Morgan fingerprint density at radius 2 is 2.00 bits per heavy atom. The van der Waals surface area contributed by atoms with Gasteiger partial charge >= 0.3 is 5.97 Å². The lowest BCUT2D eigenvalue weighted by Crippen LogP contribution is -2.03. The van der Waals surface area contributed by atoms with Crippen LogP contribution in [0.4, 0.5) is 10.1 Å². The van der Waals surface area contributed by atoms with E-state index >= 15 is 0 Å². The maximum Gasteiger partial charge on any atom is 0.313 e. The number of nitrogens with one attached hydrogen (secondary N) is 1. The van der Waals surface area contributed by atoms with Gasteiger partial charge in [-0.1, -0.05) is 0 Å². The van der Waals surface area contributed by atoms with Crippen LogP contribution in [-0.4, -0.2) is 29.7 Å². The maximum absolute atomic E-state index is 12.9. The number of ether oxygens (including phenoxy) is 1. The molecule has 2 N–H and O–H groups in total. The van der Waals surface area contributed by atoms with Crippen molar-refractivity contribution in [2.45, 2.75) is 12.7 Å². The summed E-state index contributed by atoms with van der Waals surface area (Å²) in [4.78, 5) is 10.7. The van der Waals surface area contributed by atoms with Gasteiger partial charge in [0.15, 0.2) is 0 Å². The number of aliphatic carboxylic acids is 1. The number of hydrogen-bond acceptors (Lipinski definition) is 5. The van der Waals surface area contributed by atoms with Crippen LogP contribution in [0.2, 0.25) is 0 Å². The Morgan fingerprint density at radius 3 is 2.64 bits per heavy atom. The predicted molar refractivity (Wildman–Crippen MR) is 99.0 cm³/mol. The number of thioether (sulfide) groups is 1. The molecule has 0 radical (unpaired) electrons. The molecule has 0 fully saturated rings. The summed E-state index contributed by atoms with van der Waals surface area (Å²) < 4.78 is 18.2. The van der Waals surface area contributed by atoms with Crippen molar-refractivity contribution in [3.05, 3.63) is 59.4 Å². The normalized spacial score (nSPS) is 11.2. The van der Waals surface area contributed by atoms with Crippen molar-refractivity contribution in [1.82, 2.24) is 0 Å². The lowest BCUT2D eigenvalue weighted by molar-refractivity contribution is -0.133. The molecule has 0 unspecified atom stereocenters. The minimum Gasteiger partial charge on any atom is -0.496 e. The summed E-state index contributed by atoms with van der Waals surface area (Å²) in [6, 6.07) is 11.6. The summed E-state index contributed by atoms with van der Waals surface area (Å²) in [6.45, 7) is 1.85. The molecule has 0 saturated carbocycles. The van der Waals surface area contributed by atoms with Crippen LogP contribution in [0.25, 0.3) is 0 Å². The Bertz CT molecular complexity index is 763. The molecule has 0 aliphatic heterocycles. The van der Waals surface area contributed by atoms with Crippen LogP contribution in [0.5, 0.6) is 5.75 Å². The first-order valence-corrected chi connectivity index (χ1v) is 8.67. The minimum atomic E-state index is -0.846. The maximum atomic E-state index is 12.9. The van der Waals surface area contributed by atoms with E-state index in [1.54, 1.807) is 19.2 Å². The number of hydrogen-bond donors (Lipinski definition) is 2. The molecule has 0 amide bonds. The summed E-state index contributed by atoms with van der Waals surface area (Å²) in [5.74, 6) is 0.126. The Hall–Kier alpha value is -2.54. The molecule has 7 heteroatoms. The van der Waals surface area contributed by atoms with Gasteiger partial charge in [-0.15, -0.1) is 11.8 Å². The number of halogens is 1. The Morgan fingerprint density at radius 1 is 1.28 bits per heavy atom. The SMILES string of the molecule is COc1ccc(/C(C)=N\Nc2ccc(F)cc2)cc1CSCC(=O)O. The summed E-state index contributed by atoms with van der Waals surface area (Å²) in [5, 5.41) is 13.1. The van der Waals surface area contributed by atoms with Gasteiger partial charge in [0, 0.05) is 11.3 Å². The lowest BCUT2D eigenvalue weighted by atomic mass is 10.1. The highest BCUT2D eigenvalue weighted by atomic mass is 32.2. The lowest BCUT2D eigenvalue weighted by Gasteiger charge is -2.11. The third-order valence-electron chi connectivity index (χ3n) is 3.38. The van der Waals surface area contributed by atoms with Crippen molar-refractivity contribution in [3.8, 4) is 5.75 Å². The number of nitrogens with zero attached hydrogens (tertiary/aromatic N) is 1. The van der Waals surface area contributed by atoms with Gasteiger partial charge in [0.25, 0.3) is 0 Å². The van der Waals surface area contributed by atoms with Crippen molar-refractivity contribution in [1.29, 1.82) is 0 Å². The predicted octanol–water partition coefficient (Wildman–Crippen LogP) is 3.99. The largest absolute Gasteiger partial charge is 0.496 e. The Balaban J connectivity index is 2.12. The van der Waals surface area contributed by atoms with E-state index in [1.807, 2.05) is 25.1 Å². The number of methoxy groups -OCH3 is 1. The van der Waals surface area contributed by atoms with Crippen LogP contribution in [-0.2, 0) is 10.5 Å². The van der Waals surface area contributed by atoms with E-state index in [9.17, 15) is 9.18 Å². The minimum absolute atomic E-state index is 0.0343.